The molecule has 0 saturated heterocycles. The molecule has 23 heteroatoms. The molecule has 21 nitrogen and oxygen atoms in total. The summed E-state index contributed by atoms with van der Waals surface area (Å²) < 4.78 is 83.4. The number of rotatable bonds is 19. The molecule has 0 aliphatic carbocycles. The van der Waals surface area contributed by atoms with Crippen LogP contribution in [0.1, 0.15) is 24.0 Å². The fourth-order valence-electron chi connectivity index (χ4n) is 6.93. The molecule has 0 aliphatic heterocycles. The predicted octanol–water partition coefficient (Wildman–Crippen LogP) is 12.9. The summed E-state index contributed by atoms with van der Waals surface area (Å²) in [6.45, 7) is 3.63. The number of hydrogen-bond donors (Lipinski definition) is 4. The van der Waals surface area contributed by atoms with Crippen LogP contribution >= 0.6 is 0 Å². The van der Waals surface area contributed by atoms with Gasteiger partial charge in [0.05, 0.1) is 43.6 Å². The second-order valence-corrected chi connectivity index (χ2v) is 18.7. The maximum atomic E-state index is 11.9. The van der Waals surface area contributed by atoms with Crippen molar-refractivity contribution in [3.63, 3.8) is 0 Å². The normalized spacial score (nSPS) is 12.1. The highest BCUT2D eigenvalue weighted by molar-refractivity contribution is 7.86. The van der Waals surface area contributed by atoms with Gasteiger partial charge in [-0.3, -0.25) is 9.11 Å². The second kappa shape index (κ2) is 22.4. The van der Waals surface area contributed by atoms with Gasteiger partial charge in [0.2, 0.25) is 11.4 Å². The number of nitrogens with zero attached hydrogens (tertiary/aromatic N) is 9. The van der Waals surface area contributed by atoms with Crippen LogP contribution < -0.4 is 24.5 Å². The molecule has 0 bridgehead atoms. The van der Waals surface area contributed by atoms with E-state index in [2.05, 4.69) is 40.9 Å². The molecule has 7 rings (SSSR count). The van der Waals surface area contributed by atoms with Gasteiger partial charge >= 0.3 is 6.08 Å². The van der Waals surface area contributed by atoms with Crippen molar-refractivity contribution in [1.29, 1.82) is 0 Å². The molecule has 0 heterocycles. The van der Waals surface area contributed by atoms with Crippen molar-refractivity contribution in [3.05, 3.63) is 132 Å². The van der Waals surface area contributed by atoms with E-state index in [1.165, 1.54) is 61.3 Å². The SMILES string of the molecule is COc1cc(N=Nc2ccc(N=Nc3ccccc3S(=O)(=O)O)cc2OCCCCS(=O)(=O)O)c(C)cc1N=Nc1cc(OC)c(N=Nc2ccc3cc([N+](=C=O)c4ccc(N)cc4)ccc3c2O)cc1C. The fourth-order valence-corrected chi connectivity index (χ4v) is 8.13. The molecule has 0 spiro atoms. The van der Waals surface area contributed by atoms with Crippen molar-refractivity contribution in [2.45, 2.75) is 31.6 Å². The summed E-state index contributed by atoms with van der Waals surface area (Å²) in [4.78, 5) is 11.5. The molecule has 0 atom stereocenters. The minimum absolute atomic E-state index is 0.0313. The van der Waals surface area contributed by atoms with E-state index in [1.54, 1.807) is 85.8 Å². The van der Waals surface area contributed by atoms with Crippen LogP contribution in [0.15, 0.2) is 167 Å². The van der Waals surface area contributed by atoms with Crippen molar-refractivity contribution in [2.75, 3.05) is 32.3 Å². The highest BCUT2D eigenvalue weighted by Gasteiger charge is 2.19. The number of nitrogens with two attached hydrogens (primary N) is 1. The topological polar surface area (TPSA) is 302 Å². The van der Waals surface area contributed by atoms with Crippen LogP contribution in [0.5, 0.6) is 23.0 Å². The number of benzene rings is 7. The number of methoxy groups -OCH3 is 2. The maximum Gasteiger partial charge on any atom is 0.437 e. The summed E-state index contributed by atoms with van der Waals surface area (Å²) in [5.74, 6) is 0.263. The number of phenols is 1. The Morgan fingerprint density at radius 3 is 1.76 bits per heavy atom. The highest BCUT2D eigenvalue weighted by atomic mass is 32.2. The standard InChI is InChI=1S/C49H44N10O11S2/c1-30-24-44(46(69-4)27-41(30)55-52-38-20-14-34(26-47(38)70-21-7-8-22-71(62,63)64)51-53-39-9-5-6-10-48(39)72(65,66)67)58-56-42-28-45(68-3)43(23-31(42)2)57-54-40-19-11-32-25-36(17-18-37(32)49(40)61)59(29-60)35-15-12-33(50)13-16-35/h5-6,9-20,23-28H,7-8,21-22,50H2,1-4H3,(H2-,52,53,57,58,61,62,63,64,65,66,67)/p+1. The Labute approximate surface area is 412 Å². The second-order valence-electron chi connectivity index (χ2n) is 15.7. The lowest BCUT2D eigenvalue weighted by atomic mass is 10.1. The molecule has 0 unspecified atom stereocenters. The number of aromatic hydroxyl groups is 1. The van der Waals surface area contributed by atoms with E-state index >= 15 is 0 Å². The first-order chi connectivity index (χ1) is 34.4. The quantitative estimate of drug-likeness (QED) is 0.0112. The summed E-state index contributed by atoms with van der Waals surface area (Å²) >= 11 is 0. The summed E-state index contributed by atoms with van der Waals surface area (Å²) in [6, 6.07) is 32.0. The van der Waals surface area contributed by atoms with Crippen molar-refractivity contribution >= 4 is 99.6 Å². The zero-order valence-electron chi connectivity index (χ0n) is 38.9. The molecule has 0 radical (unpaired) electrons. The molecule has 0 aliphatic rings. The Balaban J connectivity index is 1.09. The van der Waals surface area contributed by atoms with E-state index in [0.717, 1.165) is 0 Å². The van der Waals surface area contributed by atoms with E-state index in [4.69, 9.17) is 24.5 Å². The molecule has 5 N–H and O–H groups in total. The lowest BCUT2D eigenvalue weighted by molar-refractivity contribution is 0.310. The first-order valence-electron chi connectivity index (χ1n) is 21.6. The number of aryl methyl sites for hydroxylation is 2. The third kappa shape index (κ3) is 12.8. The zero-order valence-corrected chi connectivity index (χ0v) is 40.5. The molecule has 368 valence electrons. The Hall–Kier alpha value is -8.60. The first-order valence-corrected chi connectivity index (χ1v) is 24.6. The molecule has 7 aromatic rings. The van der Waals surface area contributed by atoms with Crippen LogP contribution in [-0.2, 0) is 25.0 Å². The van der Waals surface area contributed by atoms with E-state index in [9.17, 15) is 31.3 Å². The molecule has 0 fully saturated rings. The number of hydrogen-bond acceptors (Lipinski definition) is 18. The summed E-state index contributed by atoms with van der Waals surface area (Å²) in [5.41, 5.74) is 10.9. The lowest BCUT2D eigenvalue weighted by Crippen LogP contribution is -2.06. The average molecular weight is 1010 g/mol. The van der Waals surface area contributed by atoms with E-state index in [-0.39, 0.29) is 53.7 Å². The number of unbranched alkanes of at least 4 members (excludes halogenated alkanes) is 1. The van der Waals surface area contributed by atoms with Crippen LogP contribution in [-0.4, -0.2) is 63.7 Å². The van der Waals surface area contributed by atoms with Crippen LogP contribution in [0.25, 0.3) is 10.8 Å². The molecule has 0 saturated carbocycles. The Kier molecular flexibility index (Phi) is 16.0. The van der Waals surface area contributed by atoms with Gasteiger partial charge in [-0.05, 0) is 104 Å². The van der Waals surface area contributed by atoms with Gasteiger partial charge in [-0.2, -0.15) is 37.0 Å². The largest absolute Gasteiger partial charge is 0.505 e. The van der Waals surface area contributed by atoms with Gasteiger partial charge in [-0.25, -0.2) is 0 Å². The molecule has 72 heavy (non-hydrogen) atoms. The van der Waals surface area contributed by atoms with Gasteiger partial charge in [-0.1, -0.05) is 22.8 Å². The van der Waals surface area contributed by atoms with Crippen LogP contribution in [0, 0.1) is 13.8 Å². The third-order valence-corrected chi connectivity index (χ3v) is 12.4. The monoisotopic (exact) mass is 1010 g/mol. The number of isocyanates is 1. The van der Waals surface area contributed by atoms with Crippen LogP contribution in [0.4, 0.5) is 62.6 Å². The number of fused-ring (bicyclic) bond motifs is 1. The molecule has 0 amide bonds. The van der Waals surface area contributed by atoms with Gasteiger partial charge in [0.25, 0.3) is 20.2 Å². The minimum atomic E-state index is -4.58. The molecule has 0 aromatic heterocycles. The molecule has 7 aromatic carbocycles. The predicted molar refractivity (Wildman–Crippen MR) is 270 cm³/mol. The summed E-state index contributed by atoms with van der Waals surface area (Å²) in [6.07, 6.45) is 2.31. The fraction of sp³-hybridized carbons (Fsp3) is 0.163. The summed E-state index contributed by atoms with van der Waals surface area (Å²) in [5, 5.41) is 46.9. The third-order valence-electron chi connectivity index (χ3n) is 10.7. The average Bonchev–Trinajstić information content (AvgIpc) is 3.35. The Morgan fingerprint density at radius 2 is 1.15 bits per heavy atom. The van der Waals surface area contributed by atoms with E-state index in [0.29, 0.717) is 73.2 Å². The van der Waals surface area contributed by atoms with Crippen molar-refractivity contribution in [1.82, 2.24) is 4.58 Å². The van der Waals surface area contributed by atoms with Gasteiger partial charge in [0.1, 0.15) is 50.6 Å². The molecular weight excluding hydrogens is 969 g/mol. The number of anilines is 1. The van der Waals surface area contributed by atoms with E-state index < -0.39 is 30.9 Å². The van der Waals surface area contributed by atoms with Crippen molar-refractivity contribution in [3.8, 4) is 23.0 Å². The van der Waals surface area contributed by atoms with Gasteiger partial charge in [0, 0.05) is 53.5 Å². The first kappa shape index (κ1) is 51.3. The van der Waals surface area contributed by atoms with Gasteiger partial charge in [0.15, 0.2) is 5.75 Å². The zero-order chi connectivity index (χ0) is 51.6. The van der Waals surface area contributed by atoms with Crippen molar-refractivity contribution in [2.24, 2.45) is 40.9 Å². The Morgan fingerprint density at radius 1 is 0.583 bits per heavy atom. The summed E-state index contributed by atoms with van der Waals surface area (Å²) in [7, 11) is -5.81. The Bertz CT molecular complexity index is 3600. The van der Waals surface area contributed by atoms with E-state index in [1.807, 2.05) is 13.0 Å². The number of phenolic OH excluding ortho intramolecular Hbond substituents is 1. The smallest absolute Gasteiger partial charge is 0.437 e. The maximum absolute atomic E-state index is 11.9. The van der Waals surface area contributed by atoms with Gasteiger partial charge in [-0.15, -0.1) is 25.6 Å². The van der Waals surface area contributed by atoms with Crippen LogP contribution in [0.3, 0.4) is 0 Å². The van der Waals surface area contributed by atoms with Gasteiger partial charge < -0.3 is 25.1 Å². The number of ether oxygens (including phenoxy) is 3. The van der Waals surface area contributed by atoms with Crippen molar-refractivity contribution < 1.29 is 50.1 Å². The number of nitrogen functional groups attached to an aromatic ring is 1. The number of carbonyl (C=O) groups excluding carboxylic acids is 1. The lowest BCUT2D eigenvalue weighted by Gasteiger charge is -2.10. The highest BCUT2D eigenvalue weighted by Crippen LogP contribution is 2.42. The van der Waals surface area contributed by atoms with Crippen LogP contribution in [0.2, 0.25) is 0 Å². The minimum Gasteiger partial charge on any atom is -0.505 e. The molecular formula is C49H45N10O11S2+. The number of azo groups is 4.